The first-order chi connectivity index (χ1) is 13.4. The highest BCUT2D eigenvalue weighted by Crippen LogP contribution is 2.24. The van der Waals surface area contributed by atoms with Crippen LogP contribution in [0.1, 0.15) is 16.1 Å². The summed E-state index contributed by atoms with van der Waals surface area (Å²) in [5.41, 5.74) is 1.73. The summed E-state index contributed by atoms with van der Waals surface area (Å²) in [6.45, 7) is 3.54. The Kier molecular flexibility index (Phi) is 6.33. The Morgan fingerprint density at radius 1 is 1.14 bits per heavy atom. The summed E-state index contributed by atoms with van der Waals surface area (Å²) in [7, 11) is 0. The number of aromatic hydroxyl groups is 1. The van der Waals surface area contributed by atoms with Crippen molar-refractivity contribution in [1.29, 1.82) is 0 Å². The van der Waals surface area contributed by atoms with Crippen LogP contribution < -0.4 is 10.2 Å². The van der Waals surface area contributed by atoms with Crippen LogP contribution in [0, 0.1) is 0 Å². The number of pyridine rings is 1. The molecule has 0 saturated carbocycles. The third-order valence-corrected chi connectivity index (χ3v) is 4.78. The van der Waals surface area contributed by atoms with Gasteiger partial charge in [0.2, 0.25) is 0 Å². The molecule has 8 nitrogen and oxygen atoms in total. The van der Waals surface area contributed by atoms with Crippen LogP contribution in [0.5, 0.6) is 5.75 Å². The molecule has 1 aliphatic rings. The van der Waals surface area contributed by atoms with Crippen LogP contribution in [0.4, 0.5) is 5.69 Å². The minimum absolute atomic E-state index is 0.189. The summed E-state index contributed by atoms with van der Waals surface area (Å²) < 4.78 is 0. The molecule has 9 heteroatoms. The van der Waals surface area contributed by atoms with Gasteiger partial charge >= 0.3 is 5.97 Å². The fraction of sp³-hybridized carbons (Fsp3) is 0.316. The van der Waals surface area contributed by atoms with Crippen molar-refractivity contribution in [3.63, 3.8) is 0 Å². The number of hydrogen-bond acceptors (Lipinski definition) is 6. The van der Waals surface area contributed by atoms with E-state index in [1.165, 1.54) is 17.8 Å². The minimum Gasteiger partial charge on any atom is -0.505 e. The van der Waals surface area contributed by atoms with Crippen LogP contribution in [0.25, 0.3) is 0 Å². The van der Waals surface area contributed by atoms with Crippen molar-refractivity contribution in [2.75, 3.05) is 37.6 Å². The summed E-state index contributed by atoms with van der Waals surface area (Å²) in [5.74, 6) is -2.16. The van der Waals surface area contributed by atoms with Crippen molar-refractivity contribution in [3.8, 4) is 5.75 Å². The molecule has 1 aromatic heterocycles. The largest absolute Gasteiger partial charge is 0.505 e. The van der Waals surface area contributed by atoms with Gasteiger partial charge in [0.05, 0.1) is 11.9 Å². The summed E-state index contributed by atoms with van der Waals surface area (Å²) >= 11 is 5.92. The van der Waals surface area contributed by atoms with Crippen molar-refractivity contribution in [1.82, 2.24) is 15.2 Å². The van der Waals surface area contributed by atoms with E-state index in [0.29, 0.717) is 0 Å². The van der Waals surface area contributed by atoms with Gasteiger partial charge in [-0.1, -0.05) is 23.7 Å². The number of anilines is 1. The summed E-state index contributed by atoms with van der Waals surface area (Å²) in [6, 6.07) is 9.29. The number of aromatic nitrogens is 1. The fourth-order valence-electron chi connectivity index (χ4n) is 3.04. The van der Waals surface area contributed by atoms with Crippen LogP contribution in [0.2, 0.25) is 5.02 Å². The van der Waals surface area contributed by atoms with Gasteiger partial charge in [0.15, 0.2) is 5.69 Å². The molecule has 2 aromatic rings. The topological polar surface area (TPSA) is 106 Å². The number of nitrogens with one attached hydrogen (secondary N) is 1. The van der Waals surface area contributed by atoms with Crippen molar-refractivity contribution in [3.05, 3.63) is 52.8 Å². The Morgan fingerprint density at radius 3 is 2.43 bits per heavy atom. The lowest BCUT2D eigenvalue weighted by atomic mass is 10.2. The van der Waals surface area contributed by atoms with Gasteiger partial charge < -0.3 is 20.4 Å². The smallest absolute Gasteiger partial charge is 0.322 e. The molecule has 1 fully saturated rings. The normalized spacial score (nSPS) is 14.7. The van der Waals surface area contributed by atoms with E-state index < -0.39 is 18.4 Å². The van der Waals surface area contributed by atoms with Gasteiger partial charge in [-0.3, -0.25) is 14.5 Å². The highest BCUT2D eigenvalue weighted by molar-refractivity contribution is 6.30. The molecule has 0 atom stereocenters. The molecule has 28 heavy (non-hydrogen) atoms. The Balaban J connectivity index is 1.56. The van der Waals surface area contributed by atoms with Gasteiger partial charge in [-0.25, -0.2) is 4.98 Å². The van der Waals surface area contributed by atoms with E-state index in [1.807, 2.05) is 24.3 Å². The standard InChI is InChI=1S/C19H21ClN4O4/c20-14-3-1-13(2-4-14)12-23-5-7-24(8-6-23)15-9-16(25)18(21-10-15)19(28)22-11-17(26)27/h1-4,9-10,25H,5-8,11-12H2,(H,22,28)(H,26,27). The quantitative estimate of drug-likeness (QED) is 0.671. The van der Waals surface area contributed by atoms with Crippen LogP contribution in [0.3, 0.4) is 0 Å². The predicted octanol–water partition coefficient (Wildman–Crippen LogP) is 1.58. The van der Waals surface area contributed by atoms with E-state index in [2.05, 4.69) is 20.1 Å². The van der Waals surface area contributed by atoms with Gasteiger partial charge in [-0.15, -0.1) is 0 Å². The second kappa shape index (κ2) is 8.90. The second-order valence-electron chi connectivity index (χ2n) is 6.53. The number of carboxylic acids is 1. The number of rotatable bonds is 6. The first kappa shape index (κ1) is 19.9. The van der Waals surface area contributed by atoms with Crippen molar-refractivity contribution >= 4 is 29.2 Å². The number of piperazine rings is 1. The van der Waals surface area contributed by atoms with Crippen molar-refractivity contribution in [2.24, 2.45) is 0 Å². The molecule has 1 amide bonds. The number of carbonyl (C=O) groups excluding carboxylic acids is 1. The second-order valence-corrected chi connectivity index (χ2v) is 6.96. The molecule has 1 saturated heterocycles. The Bertz CT molecular complexity index is 852. The summed E-state index contributed by atoms with van der Waals surface area (Å²) in [4.78, 5) is 30.8. The molecule has 2 heterocycles. The van der Waals surface area contributed by atoms with Crippen LogP contribution >= 0.6 is 11.6 Å². The van der Waals surface area contributed by atoms with E-state index in [4.69, 9.17) is 16.7 Å². The molecule has 3 rings (SSSR count). The summed E-state index contributed by atoms with van der Waals surface area (Å²) in [5, 5.41) is 21.6. The number of amides is 1. The maximum absolute atomic E-state index is 11.9. The molecule has 0 unspecified atom stereocenters. The van der Waals surface area contributed by atoms with Crippen LogP contribution in [0.15, 0.2) is 36.5 Å². The number of aliphatic carboxylic acids is 1. The SMILES string of the molecule is O=C(O)CNC(=O)c1ncc(N2CCN(Cc3ccc(Cl)cc3)CC2)cc1O. The lowest BCUT2D eigenvalue weighted by Crippen LogP contribution is -2.46. The number of carbonyl (C=O) groups is 2. The van der Waals surface area contributed by atoms with Crippen molar-refractivity contribution in [2.45, 2.75) is 6.54 Å². The lowest BCUT2D eigenvalue weighted by molar-refractivity contribution is -0.135. The number of benzene rings is 1. The zero-order chi connectivity index (χ0) is 20.1. The van der Waals surface area contributed by atoms with Crippen molar-refractivity contribution < 1.29 is 19.8 Å². The molecule has 1 aliphatic heterocycles. The number of hydrogen-bond donors (Lipinski definition) is 3. The molecule has 148 valence electrons. The predicted molar refractivity (Wildman–Crippen MR) is 105 cm³/mol. The molecule has 1 aromatic carbocycles. The third-order valence-electron chi connectivity index (χ3n) is 4.53. The Hall–Kier alpha value is -2.84. The molecular weight excluding hydrogens is 384 g/mol. The average molecular weight is 405 g/mol. The molecule has 0 bridgehead atoms. The van der Waals surface area contributed by atoms with Gasteiger partial charge in [0, 0.05) is 43.8 Å². The van der Waals surface area contributed by atoms with E-state index >= 15 is 0 Å². The monoisotopic (exact) mass is 404 g/mol. The third kappa shape index (κ3) is 5.11. The highest BCUT2D eigenvalue weighted by Gasteiger charge is 2.20. The molecule has 0 radical (unpaired) electrons. The number of halogens is 1. The van der Waals surface area contributed by atoms with Gasteiger partial charge in [-0.2, -0.15) is 0 Å². The Labute approximate surface area is 167 Å². The first-order valence-corrected chi connectivity index (χ1v) is 9.21. The molecule has 0 spiro atoms. The van der Waals surface area contributed by atoms with E-state index in [9.17, 15) is 14.7 Å². The maximum atomic E-state index is 11.9. The zero-order valence-corrected chi connectivity index (χ0v) is 15.9. The fourth-order valence-corrected chi connectivity index (χ4v) is 3.17. The van der Waals surface area contributed by atoms with E-state index in [-0.39, 0.29) is 11.4 Å². The average Bonchev–Trinajstić information content (AvgIpc) is 2.68. The Morgan fingerprint density at radius 2 is 1.82 bits per heavy atom. The van der Waals surface area contributed by atoms with Gasteiger partial charge in [0.1, 0.15) is 12.3 Å². The van der Waals surface area contributed by atoms with Gasteiger partial charge in [0.25, 0.3) is 5.91 Å². The summed E-state index contributed by atoms with van der Waals surface area (Å²) in [6.07, 6.45) is 1.52. The molecular formula is C19H21ClN4O4. The van der Waals surface area contributed by atoms with E-state index in [0.717, 1.165) is 43.4 Å². The van der Waals surface area contributed by atoms with Crippen LogP contribution in [-0.2, 0) is 11.3 Å². The van der Waals surface area contributed by atoms with E-state index in [1.54, 1.807) is 0 Å². The highest BCUT2D eigenvalue weighted by atomic mass is 35.5. The first-order valence-electron chi connectivity index (χ1n) is 8.83. The number of nitrogens with zero attached hydrogens (tertiary/aromatic N) is 3. The molecule has 3 N–H and O–H groups in total. The van der Waals surface area contributed by atoms with Crippen LogP contribution in [-0.4, -0.2) is 64.7 Å². The zero-order valence-electron chi connectivity index (χ0n) is 15.1. The maximum Gasteiger partial charge on any atom is 0.322 e. The molecule has 0 aliphatic carbocycles. The van der Waals surface area contributed by atoms with Gasteiger partial charge in [-0.05, 0) is 17.7 Å². The number of carboxylic acid groups (broad SMARTS) is 1. The lowest BCUT2D eigenvalue weighted by Gasteiger charge is -2.36. The minimum atomic E-state index is -1.17.